The molecule has 4 rings (SSSR count). The summed E-state index contributed by atoms with van der Waals surface area (Å²) in [5.74, 6) is 0.507. The molecule has 0 atom stereocenters. The number of esters is 1. The van der Waals surface area contributed by atoms with Crippen LogP contribution in [0.2, 0.25) is 5.02 Å². The molecule has 0 radical (unpaired) electrons. The summed E-state index contributed by atoms with van der Waals surface area (Å²) in [6, 6.07) is 23.9. The van der Waals surface area contributed by atoms with Crippen LogP contribution in [0.25, 0.3) is 17.1 Å². The first-order valence-corrected chi connectivity index (χ1v) is 12.3. The van der Waals surface area contributed by atoms with Gasteiger partial charge in [0.15, 0.2) is 11.0 Å². The monoisotopic (exact) mass is 519 g/mol. The first-order chi connectivity index (χ1) is 17.4. The zero-order valence-corrected chi connectivity index (χ0v) is 21.1. The Labute approximate surface area is 217 Å². The zero-order chi connectivity index (χ0) is 25.5. The van der Waals surface area contributed by atoms with Crippen LogP contribution < -0.4 is 10.2 Å². The van der Waals surface area contributed by atoms with Crippen molar-refractivity contribution in [2.45, 2.75) is 19.0 Å². The van der Waals surface area contributed by atoms with E-state index in [0.29, 0.717) is 27.5 Å². The molecule has 0 saturated carbocycles. The van der Waals surface area contributed by atoms with Crippen molar-refractivity contribution in [1.82, 2.24) is 20.2 Å². The van der Waals surface area contributed by atoms with Crippen molar-refractivity contribution in [2.24, 2.45) is 5.10 Å². The minimum Gasteiger partial charge on any atom is -0.427 e. The minimum atomic E-state index is -0.388. The van der Waals surface area contributed by atoms with Gasteiger partial charge in [0.05, 0.1) is 11.5 Å². The molecule has 4 aromatic rings. The highest BCUT2D eigenvalue weighted by atomic mass is 35.5. The van der Waals surface area contributed by atoms with E-state index in [9.17, 15) is 9.59 Å². The topological polar surface area (TPSA) is 98.5 Å². The maximum atomic E-state index is 12.5. The van der Waals surface area contributed by atoms with Crippen LogP contribution in [0, 0.1) is 0 Å². The maximum Gasteiger partial charge on any atom is 0.308 e. The molecule has 0 bridgehead atoms. The third kappa shape index (κ3) is 6.38. The van der Waals surface area contributed by atoms with Gasteiger partial charge < -0.3 is 4.74 Å². The molecule has 10 heteroatoms. The van der Waals surface area contributed by atoms with Crippen molar-refractivity contribution in [3.05, 3.63) is 89.4 Å². The molecule has 0 unspecified atom stereocenters. The average molecular weight is 520 g/mol. The Morgan fingerprint density at radius 1 is 0.972 bits per heavy atom. The van der Waals surface area contributed by atoms with Crippen LogP contribution in [0.1, 0.15) is 19.4 Å². The van der Waals surface area contributed by atoms with Crippen LogP contribution in [-0.2, 0) is 9.59 Å². The number of rotatable bonds is 8. The standard InChI is InChI=1S/C26H22ClN5O3S/c1-17(19-10-14-23(15-11-19)35-18(2)33)28-29-24(34)16-36-26-31-30-25(20-8-12-21(27)13-9-20)32(26)22-6-4-3-5-7-22/h3-15H,16H2,1-2H3,(H,29,34)/b28-17-. The number of benzene rings is 3. The number of thioether (sulfide) groups is 1. The predicted molar refractivity (Wildman–Crippen MR) is 141 cm³/mol. The van der Waals surface area contributed by atoms with Gasteiger partial charge in [-0.2, -0.15) is 5.10 Å². The molecule has 1 aromatic heterocycles. The largest absolute Gasteiger partial charge is 0.427 e. The summed E-state index contributed by atoms with van der Waals surface area (Å²) in [4.78, 5) is 23.6. The van der Waals surface area contributed by atoms with Crippen LogP contribution in [0.4, 0.5) is 0 Å². The van der Waals surface area contributed by atoms with Crippen molar-refractivity contribution in [3.8, 4) is 22.8 Å². The first kappa shape index (κ1) is 25.2. The van der Waals surface area contributed by atoms with Crippen molar-refractivity contribution in [1.29, 1.82) is 0 Å². The molecule has 1 amide bonds. The number of nitrogens with zero attached hydrogens (tertiary/aromatic N) is 4. The van der Waals surface area contributed by atoms with Crippen molar-refractivity contribution in [2.75, 3.05) is 5.75 Å². The summed E-state index contributed by atoms with van der Waals surface area (Å²) in [5, 5.41) is 14.1. The summed E-state index contributed by atoms with van der Waals surface area (Å²) < 4.78 is 6.93. The van der Waals surface area contributed by atoms with Gasteiger partial charge in [-0.15, -0.1) is 10.2 Å². The molecule has 3 aromatic carbocycles. The molecule has 0 fully saturated rings. The van der Waals surface area contributed by atoms with Gasteiger partial charge in [0.1, 0.15) is 5.75 Å². The van der Waals surface area contributed by atoms with E-state index in [2.05, 4.69) is 20.7 Å². The number of hydrazone groups is 1. The number of carbonyl (C=O) groups excluding carboxylic acids is 2. The van der Waals surface area contributed by atoms with Gasteiger partial charge in [0, 0.05) is 23.2 Å². The number of amides is 1. The fraction of sp³-hybridized carbons (Fsp3) is 0.115. The quantitative estimate of drug-likeness (QED) is 0.114. The zero-order valence-electron chi connectivity index (χ0n) is 19.5. The fourth-order valence-electron chi connectivity index (χ4n) is 3.26. The second-order valence-electron chi connectivity index (χ2n) is 7.62. The predicted octanol–water partition coefficient (Wildman–Crippen LogP) is 5.15. The van der Waals surface area contributed by atoms with Gasteiger partial charge in [-0.1, -0.05) is 41.6 Å². The van der Waals surface area contributed by atoms with Gasteiger partial charge in [-0.3, -0.25) is 14.2 Å². The van der Waals surface area contributed by atoms with Crippen molar-refractivity contribution in [3.63, 3.8) is 0 Å². The number of aromatic nitrogens is 3. The van der Waals surface area contributed by atoms with E-state index in [4.69, 9.17) is 16.3 Å². The Kier molecular flexibility index (Phi) is 8.14. The van der Waals surface area contributed by atoms with E-state index in [1.54, 1.807) is 43.3 Å². The van der Waals surface area contributed by atoms with Gasteiger partial charge in [-0.25, -0.2) is 5.43 Å². The number of halogens is 1. The summed E-state index contributed by atoms with van der Waals surface area (Å²) in [7, 11) is 0. The van der Waals surface area contributed by atoms with Crippen LogP contribution in [0.5, 0.6) is 5.75 Å². The highest BCUT2D eigenvalue weighted by molar-refractivity contribution is 7.99. The number of nitrogens with one attached hydrogen (secondary N) is 1. The summed E-state index contributed by atoms with van der Waals surface area (Å²) in [6.07, 6.45) is 0. The van der Waals surface area contributed by atoms with Crippen LogP contribution in [0.15, 0.2) is 89.1 Å². The molecule has 0 spiro atoms. The lowest BCUT2D eigenvalue weighted by molar-refractivity contribution is -0.131. The van der Waals surface area contributed by atoms with E-state index < -0.39 is 0 Å². The Bertz CT molecular complexity index is 1390. The maximum absolute atomic E-state index is 12.5. The van der Waals surface area contributed by atoms with Crippen molar-refractivity contribution < 1.29 is 14.3 Å². The molecule has 182 valence electrons. The lowest BCUT2D eigenvalue weighted by Gasteiger charge is -2.10. The smallest absolute Gasteiger partial charge is 0.308 e. The lowest BCUT2D eigenvalue weighted by atomic mass is 10.1. The van der Waals surface area contributed by atoms with Gasteiger partial charge in [-0.05, 0) is 73.2 Å². The van der Waals surface area contributed by atoms with Gasteiger partial charge in [0.2, 0.25) is 0 Å². The van der Waals surface area contributed by atoms with E-state index in [1.165, 1.54) is 18.7 Å². The van der Waals surface area contributed by atoms with Gasteiger partial charge in [0.25, 0.3) is 5.91 Å². The van der Waals surface area contributed by atoms with E-state index >= 15 is 0 Å². The van der Waals surface area contributed by atoms with Crippen molar-refractivity contribution >= 4 is 41.0 Å². The van der Waals surface area contributed by atoms with Crippen LogP contribution in [-0.4, -0.2) is 38.1 Å². The highest BCUT2D eigenvalue weighted by Crippen LogP contribution is 2.28. The Balaban J connectivity index is 1.45. The summed E-state index contributed by atoms with van der Waals surface area (Å²) in [6.45, 7) is 3.12. The molecule has 0 saturated heterocycles. The SMILES string of the molecule is CC(=O)Oc1ccc(/C(C)=N\NC(=O)CSc2nnc(-c3ccc(Cl)cc3)n2-c2ccccc2)cc1. The summed E-state index contributed by atoms with van der Waals surface area (Å²) >= 11 is 7.30. The molecule has 0 aliphatic carbocycles. The normalized spacial score (nSPS) is 11.2. The molecule has 0 aliphatic rings. The second kappa shape index (κ2) is 11.7. The number of carbonyl (C=O) groups is 2. The van der Waals surface area contributed by atoms with Gasteiger partial charge >= 0.3 is 5.97 Å². The fourth-order valence-corrected chi connectivity index (χ4v) is 4.13. The number of ether oxygens (including phenoxy) is 1. The average Bonchev–Trinajstić information content (AvgIpc) is 3.31. The van der Waals surface area contributed by atoms with Crippen LogP contribution >= 0.6 is 23.4 Å². The molecular formula is C26H22ClN5O3S. The molecule has 1 N–H and O–H groups in total. The lowest BCUT2D eigenvalue weighted by Crippen LogP contribution is -2.21. The third-order valence-electron chi connectivity index (χ3n) is 4.96. The van der Waals surface area contributed by atoms with E-state index in [-0.39, 0.29) is 17.6 Å². The molecule has 8 nitrogen and oxygen atoms in total. The van der Waals surface area contributed by atoms with Crippen LogP contribution in [0.3, 0.4) is 0 Å². The Hall–Kier alpha value is -3.95. The summed E-state index contributed by atoms with van der Waals surface area (Å²) in [5.41, 5.74) is 5.70. The van der Waals surface area contributed by atoms with E-state index in [0.717, 1.165) is 16.8 Å². The minimum absolute atomic E-state index is 0.0910. The number of hydrogen-bond acceptors (Lipinski definition) is 7. The molecule has 36 heavy (non-hydrogen) atoms. The molecule has 1 heterocycles. The number of hydrogen-bond donors (Lipinski definition) is 1. The molecular weight excluding hydrogens is 498 g/mol. The molecule has 0 aliphatic heterocycles. The highest BCUT2D eigenvalue weighted by Gasteiger charge is 2.17. The number of para-hydroxylation sites is 1. The van der Waals surface area contributed by atoms with E-state index in [1.807, 2.05) is 47.0 Å². The Morgan fingerprint density at radius 3 is 2.33 bits per heavy atom. The second-order valence-corrected chi connectivity index (χ2v) is 9.00. The first-order valence-electron chi connectivity index (χ1n) is 10.9. The Morgan fingerprint density at radius 2 is 1.67 bits per heavy atom. The third-order valence-corrected chi connectivity index (χ3v) is 6.15.